The van der Waals surface area contributed by atoms with Gasteiger partial charge in [-0.1, -0.05) is 69.6 Å². The van der Waals surface area contributed by atoms with Crippen molar-refractivity contribution < 1.29 is 0 Å². The predicted octanol–water partition coefficient (Wildman–Crippen LogP) is 5.04. The summed E-state index contributed by atoms with van der Waals surface area (Å²) in [5, 5.41) is 0. The molecule has 0 saturated carbocycles. The van der Waals surface area contributed by atoms with Crippen molar-refractivity contribution in [3.05, 3.63) is 36.5 Å². The lowest BCUT2D eigenvalue weighted by Gasteiger charge is -1.89. The van der Waals surface area contributed by atoms with E-state index < -0.39 is 0 Å². The molecular formula is C14H24. The van der Waals surface area contributed by atoms with Crippen LogP contribution in [0.15, 0.2) is 36.5 Å². The van der Waals surface area contributed by atoms with Crippen LogP contribution in [0.5, 0.6) is 0 Å². The molecule has 0 radical (unpaired) electrons. The molecule has 0 atom stereocenters. The summed E-state index contributed by atoms with van der Waals surface area (Å²) in [6.07, 6.45) is 20.6. The van der Waals surface area contributed by atoms with Gasteiger partial charge >= 0.3 is 0 Å². The highest BCUT2D eigenvalue weighted by Crippen LogP contribution is 1.99. The lowest BCUT2D eigenvalue weighted by Crippen LogP contribution is -1.69. The third-order valence-corrected chi connectivity index (χ3v) is 2.04. The molecule has 0 amide bonds. The van der Waals surface area contributed by atoms with E-state index in [0.717, 1.165) is 0 Å². The summed E-state index contributed by atoms with van der Waals surface area (Å²) in [7, 11) is 0. The van der Waals surface area contributed by atoms with E-state index in [1.807, 2.05) is 0 Å². The Morgan fingerprint density at radius 2 is 1.29 bits per heavy atom. The molecule has 0 aliphatic rings. The average Bonchev–Trinajstić information content (AvgIpc) is 2.21. The average molecular weight is 192 g/mol. The summed E-state index contributed by atoms with van der Waals surface area (Å²) in [6.45, 7) is 4.43. The molecule has 0 aromatic rings. The van der Waals surface area contributed by atoms with Gasteiger partial charge in [-0.2, -0.15) is 0 Å². The highest BCUT2D eigenvalue weighted by atomic mass is 13.9. The molecule has 0 aliphatic heterocycles. The number of hydrogen-bond donors (Lipinski definition) is 0. The molecular weight excluding hydrogens is 168 g/mol. The second-order valence-electron chi connectivity index (χ2n) is 3.53. The van der Waals surface area contributed by atoms with Crippen molar-refractivity contribution in [2.45, 2.75) is 52.4 Å². The van der Waals surface area contributed by atoms with Crippen LogP contribution >= 0.6 is 0 Å². The minimum Gasteiger partial charge on any atom is -0.0845 e. The lowest BCUT2D eigenvalue weighted by molar-refractivity contribution is 0.729. The minimum atomic E-state index is 1.19. The molecule has 0 heteroatoms. The number of unbranched alkanes of at least 4 members (excludes halogenated alkanes) is 4. The van der Waals surface area contributed by atoms with Gasteiger partial charge in [0.2, 0.25) is 0 Å². The molecule has 0 aromatic heterocycles. The molecule has 80 valence electrons. The van der Waals surface area contributed by atoms with Crippen molar-refractivity contribution in [2.75, 3.05) is 0 Å². The second kappa shape index (κ2) is 12.2. The molecule has 14 heavy (non-hydrogen) atoms. The largest absolute Gasteiger partial charge is 0.0845 e. The van der Waals surface area contributed by atoms with Crippen molar-refractivity contribution in [2.24, 2.45) is 0 Å². The van der Waals surface area contributed by atoms with E-state index >= 15 is 0 Å². The lowest BCUT2D eigenvalue weighted by atomic mass is 10.2. The fourth-order valence-corrected chi connectivity index (χ4v) is 1.16. The zero-order valence-corrected chi connectivity index (χ0v) is 9.71. The molecule has 0 N–H and O–H groups in total. The molecule has 0 nitrogen and oxygen atoms in total. The first-order valence-electron chi connectivity index (χ1n) is 5.90. The summed E-state index contributed by atoms with van der Waals surface area (Å²) in [5.74, 6) is 0. The molecule has 0 fully saturated rings. The fourth-order valence-electron chi connectivity index (χ4n) is 1.16. The molecule has 0 spiro atoms. The highest BCUT2D eigenvalue weighted by molar-refractivity contribution is 5.10. The normalized spacial score (nSPS) is 12.4. The van der Waals surface area contributed by atoms with Gasteiger partial charge in [-0.3, -0.25) is 0 Å². The first-order valence-corrected chi connectivity index (χ1v) is 5.90. The topological polar surface area (TPSA) is 0 Å². The van der Waals surface area contributed by atoms with Crippen LogP contribution in [0.3, 0.4) is 0 Å². The van der Waals surface area contributed by atoms with Crippen LogP contribution in [-0.2, 0) is 0 Å². The first kappa shape index (κ1) is 13.2. The number of rotatable bonds is 8. The van der Waals surface area contributed by atoms with Crippen LogP contribution < -0.4 is 0 Å². The van der Waals surface area contributed by atoms with Crippen LogP contribution in [-0.4, -0.2) is 0 Å². The first-order chi connectivity index (χ1) is 6.91. The van der Waals surface area contributed by atoms with E-state index in [1.165, 1.54) is 38.5 Å². The zero-order chi connectivity index (χ0) is 10.5. The summed E-state index contributed by atoms with van der Waals surface area (Å²) < 4.78 is 0. The van der Waals surface area contributed by atoms with Crippen LogP contribution in [0.2, 0.25) is 0 Å². The molecule has 0 saturated heterocycles. The Kier molecular flexibility index (Phi) is 11.5. The third kappa shape index (κ3) is 11.2. The quantitative estimate of drug-likeness (QED) is 0.373. The van der Waals surface area contributed by atoms with Crippen LogP contribution in [0, 0.1) is 0 Å². The van der Waals surface area contributed by atoms with Crippen molar-refractivity contribution in [3.8, 4) is 0 Å². The summed E-state index contributed by atoms with van der Waals surface area (Å²) >= 11 is 0. The van der Waals surface area contributed by atoms with Crippen molar-refractivity contribution in [1.82, 2.24) is 0 Å². The van der Waals surface area contributed by atoms with E-state index in [0.29, 0.717) is 0 Å². The molecule has 0 rings (SSSR count). The maximum atomic E-state index is 2.25. The molecule has 0 unspecified atom stereocenters. The summed E-state index contributed by atoms with van der Waals surface area (Å²) in [6, 6.07) is 0. The number of hydrogen-bond acceptors (Lipinski definition) is 0. The Hall–Kier alpha value is -0.780. The van der Waals surface area contributed by atoms with Gasteiger partial charge in [-0.15, -0.1) is 0 Å². The Morgan fingerprint density at radius 3 is 1.86 bits per heavy atom. The third-order valence-electron chi connectivity index (χ3n) is 2.04. The van der Waals surface area contributed by atoms with E-state index in [2.05, 4.69) is 50.3 Å². The van der Waals surface area contributed by atoms with Crippen molar-refractivity contribution in [1.29, 1.82) is 0 Å². The van der Waals surface area contributed by atoms with Gasteiger partial charge < -0.3 is 0 Å². The van der Waals surface area contributed by atoms with E-state index in [9.17, 15) is 0 Å². The molecule has 0 heterocycles. The zero-order valence-electron chi connectivity index (χ0n) is 9.71. The monoisotopic (exact) mass is 192 g/mol. The van der Waals surface area contributed by atoms with Gasteiger partial charge in [0.1, 0.15) is 0 Å². The molecule has 0 bridgehead atoms. The fraction of sp³-hybridized carbons (Fsp3) is 0.571. The van der Waals surface area contributed by atoms with Gasteiger partial charge in [0.15, 0.2) is 0 Å². The summed E-state index contributed by atoms with van der Waals surface area (Å²) in [5.41, 5.74) is 0. The van der Waals surface area contributed by atoms with Gasteiger partial charge in [0, 0.05) is 0 Å². The Morgan fingerprint density at radius 1 is 0.643 bits per heavy atom. The Labute approximate surface area is 89.4 Å². The maximum Gasteiger partial charge on any atom is -0.0348 e. The molecule has 0 aromatic carbocycles. The van der Waals surface area contributed by atoms with E-state index in [1.54, 1.807) is 0 Å². The van der Waals surface area contributed by atoms with Gasteiger partial charge in [0.05, 0.1) is 0 Å². The predicted molar refractivity (Wildman–Crippen MR) is 66.5 cm³/mol. The summed E-state index contributed by atoms with van der Waals surface area (Å²) in [4.78, 5) is 0. The van der Waals surface area contributed by atoms with Gasteiger partial charge in [-0.25, -0.2) is 0 Å². The van der Waals surface area contributed by atoms with E-state index in [4.69, 9.17) is 0 Å². The minimum absolute atomic E-state index is 1.19. The van der Waals surface area contributed by atoms with Crippen molar-refractivity contribution >= 4 is 0 Å². The van der Waals surface area contributed by atoms with E-state index in [-0.39, 0.29) is 0 Å². The Balaban J connectivity index is 3.31. The second-order valence-corrected chi connectivity index (χ2v) is 3.53. The molecule has 0 aliphatic carbocycles. The van der Waals surface area contributed by atoms with Crippen LogP contribution in [0.25, 0.3) is 0 Å². The van der Waals surface area contributed by atoms with Crippen molar-refractivity contribution in [3.63, 3.8) is 0 Å². The highest BCUT2D eigenvalue weighted by Gasteiger charge is 1.79. The standard InChI is InChI=1S/C14H24/c1-3-5-7-9-11-13-14-12-10-8-6-4-2/h7,9,11-14H,3-6,8,10H2,1-2H3. The SMILES string of the molecule is CCCC=CC=CC=CCCCCC. The van der Waals surface area contributed by atoms with Crippen LogP contribution in [0.1, 0.15) is 52.4 Å². The van der Waals surface area contributed by atoms with Gasteiger partial charge in [-0.05, 0) is 19.3 Å². The maximum absolute atomic E-state index is 2.25. The van der Waals surface area contributed by atoms with Gasteiger partial charge in [0.25, 0.3) is 0 Å². The smallest absolute Gasteiger partial charge is 0.0348 e. The Bertz CT molecular complexity index is 172. The van der Waals surface area contributed by atoms with Crippen LogP contribution in [0.4, 0.5) is 0 Å². The number of allylic oxidation sites excluding steroid dienone is 6.